The van der Waals surface area contributed by atoms with E-state index in [0.717, 1.165) is 28.5 Å². The Labute approximate surface area is 113 Å². The number of hydrogen-bond acceptors (Lipinski definition) is 5. The largest absolute Gasteiger partial charge is 0.478 e. The molecule has 2 aromatic heterocycles. The van der Waals surface area contributed by atoms with Crippen LogP contribution in [0.4, 0.5) is 0 Å². The van der Waals surface area contributed by atoms with Crippen molar-refractivity contribution in [2.24, 2.45) is 0 Å². The minimum Gasteiger partial charge on any atom is -0.478 e. The summed E-state index contributed by atoms with van der Waals surface area (Å²) in [5.41, 5.74) is 1.44. The van der Waals surface area contributed by atoms with Crippen LogP contribution in [0, 0.1) is 6.92 Å². The molecule has 0 aliphatic carbocycles. The monoisotopic (exact) mass is 282 g/mol. The number of thiophene rings is 1. The van der Waals surface area contributed by atoms with Gasteiger partial charge in [0.1, 0.15) is 0 Å². The van der Waals surface area contributed by atoms with Gasteiger partial charge in [0.05, 0.1) is 10.6 Å². The quantitative estimate of drug-likeness (QED) is 0.799. The van der Waals surface area contributed by atoms with E-state index in [1.165, 1.54) is 11.3 Å². The smallest absolute Gasteiger partial charge is 0.336 e. The van der Waals surface area contributed by atoms with Gasteiger partial charge in [-0.25, -0.2) is 9.78 Å². The Hall–Kier alpha value is -1.24. The highest BCUT2D eigenvalue weighted by Crippen LogP contribution is 2.14. The molecule has 0 amide bonds. The third-order valence-electron chi connectivity index (χ3n) is 2.38. The second-order valence-electron chi connectivity index (χ2n) is 3.92. The second kappa shape index (κ2) is 6.08. The molecule has 4 nitrogen and oxygen atoms in total. The molecule has 0 saturated heterocycles. The zero-order valence-corrected chi connectivity index (χ0v) is 11.6. The summed E-state index contributed by atoms with van der Waals surface area (Å²) in [6.45, 7) is 3.56. The van der Waals surface area contributed by atoms with Gasteiger partial charge >= 0.3 is 5.97 Å². The Balaban J connectivity index is 1.73. The predicted molar refractivity (Wildman–Crippen MR) is 73.5 cm³/mol. The van der Waals surface area contributed by atoms with Crippen molar-refractivity contribution in [1.82, 2.24) is 10.3 Å². The number of carboxylic acids is 1. The highest BCUT2D eigenvalue weighted by molar-refractivity contribution is 7.10. The first-order chi connectivity index (χ1) is 8.65. The van der Waals surface area contributed by atoms with Gasteiger partial charge in [0.15, 0.2) is 0 Å². The van der Waals surface area contributed by atoms with Gasteiger partial charge in [0.25, 0.3) is 0 Å². The summed E-state index contributed by atoms with van der Waals surface area (Å²) < 4.78 is 0. The van der Waals surface area contributed by atoms with E-state index in [0.29, 0.717) is 12.1 Å². The molecule has 96 valence electrons. The lowest BCUT2D eigenvalue weighted by Crippen LogP contribution is -2.15. The van der Waals surface area contributed by atoms with Crippen molar-refractivity contribution >= 4 is 28.6 Å². The van der Waals surface area contributed by atoms with Crippen LogP contribution < -0.4 is 5.32 Å². The summed E-state index contributed by atoms with van der Waals surface area (Å²) in [7, 11) is 0. The van der Waals surface area contributed by atoms with Crippen LogP contribution in [0.3, 0.4) is 0 Å². The van der Waals surface area contributed by atoms with Gasteiger partial charge in [-0.15, -0.1) is 22.7 Å². The van der Waals surface area contributed by atoms with Crippen molar-refractivity contribution in [3.63, 3.8) is 0 Å². The van der Waals surface area contributed by atoms with E-state index >= 15 is 0 Å². The zero-order chi connectivity index (χ0) is 13.0. The van der Waals surface area contributed by atoms with Crippen molar-refractivity contribution < 1.29 is 9.90 Å². The van der Waals surface area contributed by atoms with Crippen LogP contribution in [0.1, 0.15) is 25.9 Å². The first-order valence-electron chi connectivity index (χ1n) is 5.57. The average molecular weight is 282 g/mol. The SMILES string of the molecule is Cc1csc(CCNCc2cc(C(=O)O)cs2)n1. The Morgan fingerprint density at radius 3 is 2.89 bits per heavy atom. The van der Waals surface area contributed by atoms with E-state index in [2.05, 4.69) is 10.3 Å². The standard InChI is InChI=1S/C12H14N2O2S2/c1-8-6-18-11(14-8)2-3-13-5-10-4-9(7-17-10)12(15)16/h4,6-7,13H,2-3,5H2,1H3,(H,15,16). The van der Waals surface area contributed by atoms with Crippen molar-refractivity contribution in [2.75, 3.05) is 6.54 Å². The Bertz CT molecular complexity index is 534. The lowest BCUT2D eigenvalue weighted by atomic mass is 10.3. The Kier molecular flexibility index (Phi) is 4.46. The molecule has 2 rings (SSSR count). The molecule has 0 fully saturated rings. The predicted octanol–water partition coefficient (Wildman–Crippen LogP) is 2.54. The molecule has 0 unspecified atom stereocenters. The molecule has 2 heterocycles. The van der Waals surface area contributed by atoms with Gasteiger partial charge in [0.2, 0.25) is 0 Å². The van der Waals surface area contributed by atoms with Crippen molar-refractivity contribution in [1.29, 1.82) is 0 Å². The van der Waals surface area contributed by atoms with E-state index in [4.69, 9.17) is 5.11 Å². The minimum atomic E-state index is -0.865. The number of nitrogens with zero attached hydrogens (tertiary/aromatic N) is 1. The molecule has 0 aromatic carbocycles. The third kappa shape index (κ3) is 3.63. The summed E-state index contributed by atoms with van der Waals surface area (Å²) in [5, 5.41) is 17.0. The Morgan fingerprint density at radius 1 is 1.44 bits per heavy atom. The van der Waals surface area contributed by atoms with E-state index < -0.39 is 5.97 Å². The molecule has 0 radical (unpaired) electrons. The number of carboxylic acid groups (broad SMARTS) is 1. The number of rotatable bonds is 6. The number of aryl methyl sites for hydroxylation is 1. The van der Waals surface area contributed by atoms with Gasteiger partial charge in [-0.3, -0.25) is 0 Å². The summed E-state index contributed by atoms with van der Waals surface area (Å²) in [5.74, 6) is -0.865. The fourth-order valence-electron chi connectivity index (χ4n) is 1.51. The van der Waals surface area contributed by atoms with Crippen LogP contribution in [0.25, 0.3) is 0 Å². The van der Waals surface area contributed by atoms with Crippen molar-refractivity contribution in [3.05, 3.63) is 38.0 Å². The van der Waals surface area contributed by atoms with Gasteiger partial charge < -0.3 is 10.4 Å². The van der Waals surface area contributed by atoms with Crippen molar-refractivity contribution in [2.45, 2.75) is 19.9 Å². The lowest BCUT2D eigenvalue weighted by Gasteiger charge is -2.00. The number of thiazole rings is 1. The molecule has 6 heteroatoms. The van der Waals surface area contributed by atoms with Crippen LogP contribution in [0.5, 0.6) is 0 Å². The lowest BCUT2D eigenvalue weighted by molar-refractivity contribution is 0.0697. The fraction of sp³-hybridized carbons (Fsp3) is 0.333. The van der Waals surface area contributed by atoms with Crippen LogP contribution in [0.15, 0.2) is 16.8 Å². The molecule has 2 N–H and O–H groups in total. The topological polar surface area (TPSA) is 62.2 Å². The molecular formula is C12H14N2O2S2. The van der Waals surface area contributed by atoms with Crippen LogP contribution in [-0.4, -0.2) is 22.6 Å². The maximum Gasteiger partial charge on any atom is 0.336 e. The average Bonchev–Trinajstić information content (AvgIpc) is 2.93. The number of aromatic nitrogens is 1. The molecular weight excluding hydrogens is 268 g/mol. The summed E-state index contributed by atoms with van der Waals surface area (Å²) in [6, 6.07) is 1.72. The van der Waals surface area contributed by atoms with Crippen LogP contribution in [-0.2, 0) is 13.0 Å². The normalized spacial score (nSPS) is 10.7. The fourth-order valence-corrected chi connectivity index (χ4v) is 3.11. The van der Waals surface area contributed by atoms with Crippen LogP contribution in [0.2, 0.25) is 0 Å². The first-order valence-corrected chi connectivity index (χ1v) is 7.33. The van der Waals surface area contributed by atoms with Gasteiger partial charge in [0, 0.05) is 40.8 Å². The van der Waals surface area contributed by atoms with Gasteiger partial charge in [-0.1, -0.05) is 0 Å². The van der Waals surface area contributed by atoms with E-state index in [1.807, 2.05) is 12.3 Å². The maximum absolute atomic E-state index is 10.7. The Morgan fingerprint density at radius 2 is 2.28 bits per heavy atom. The molecule has 0 saturated carbocycles. The molecule has 0 bridgehead atoms. The van der Waals surface area contributed by atoms with Gasteiger partial charge in [-0.05, 0) is 13.0 Å². The highest BCUT2D eigenvalue weighted by atomic mass is 32.1. The molecule has 0 aliphatic heterocycles. The molecule has 18 heavy (non-hydrogen) atoms. The zero-order valence-electron chi connectivity index (χ0n) is 9.97. The number of carbonyl (C=O) groups is 1. The minimum absolute atomic E-state index is 0.368. The highest BCUT2D eigenvalue weighted by Gasteiger charge is 2.06. The maximum atomic E-state index is 10.7. The molecule has 2 aromatic rings. The first kappa shape index (κ1) is 13.2. The summed E-state index contributed by atoms with van der Waals surface area (Å²) >= 11 is 3.15. The van der Waals surface area contributed by atoms with Gasteiger partial charge in [-0.2, -0.15) is 0 Å². The molecule has 0 spiro atoms. The summed E-state index contributed by atoms with van der Waals surface area (Å²) in [4.78, 5) is 16.1. The number of nitrogens with one attached hydrogen (secondary N) is 1. The van der Waals surface area contributed by atoms with E-state index in [-0.39, 0.29) is 0 Å². The van der Waals surface area contributed by atoms with E-state index in [1.54, 1.807) is 22.8 Å². The number of aromatic carboxylic acids is 1. The summed E-state index contributed by atoms with van der Waals surface area (Å²) in [6.07, 6.45) is 0.912. The third-order valence-corrected chi connectivity index (χ3v) is 4.35. The second-order valence-corrected chi connectivity index (χ2v) is 5.85. The molecule has 0 atom stereocenters. The van der Waals surface area contributed by atoms with Crippen molar-refractivity contribution in [3.8, 4) is 0 Å². The molecule has 0 aliphatic rings. The van der Waals surface area contributed by atoms with Crippen LogP contribution >= 0.6 is 22.7 Å². The van der Waals surface area contributed by atoms with E-state index in [9.17, 15) is 4.79 Å². The number of hydrogen-bond donors (Lipinski definition) is 2.